The van der Waals surface area contributed by atoms with Crippen LogP contribution in [0.3, 0.4) is 0 Å². The van der Waals surface area contributed by atoms with Crippen molar-refractivity contribution >= 4 is 52.3 Å². The van der Waals surface area contributed by atoms with E-state index in [2.05, 4.69) is 5.32 Å². The molecule has 0 atom stereocenters. The Hall–Kier alpha value is -3.23. The van der Waals surface area contributed by atoms with E-state index in [9.17, 15) is 14.4 Å². The highest BCUT2D eigenvalue weighted by Crippen LogP contribution is 2.34. The molecule has 1 N–H and O–H groups in total. The first-order chi connectivity index (χ1) is 15.9. The summed E-state index contributed by atoms with van der Waals surface area (Å²) in [4.78, 5) is 39.6. The standard InChI is InChI=1S/C25H22N2O4S2/c1-3-17-6-8-18(9-7-17)26-22(28)15-27-24(29)21(33-25(27)30)14-19-10-13-23(31-19)32-20-11-4-16(2)5-12-20/h4-14H,3,15H2,1-2H3,(H,26,28)/b21-14-. The van der Waals surface area contributed by atoms with E-state index < -0.39 is 17.1 Å². The van der Waals surface area contributed by atoms with Gasteiger partial charge in [-0.05, 0) is 67.1 Å². The molecule has 0 aliphatic carbocycles. The summed E-state index contributed by atoms with van der Waals surface area (Å²) >= 11 is 2.27. The summed E-state index contributed by atoms with van der Waals surface area (Å²) in [5.41, 5.74) is 2.95. The number of aryl methyl sites for hydroxylation is 2. The molecule has 1 saturated heterocycles. The molecule has 1 aliphatic heterocycles. The molecule has 0 unspecified atom stereocenters. The number of hydrogen-bond acceptors (Lipinski definition) is 6. The van der Waals surface area contributed by atoms with Crippen molar-refractivity contribution in [2.45, 2.75) is 30.3 Å². The first-order valence-electron chi connectivity index (χ1n) is 10.4. The van der Waals surface area contributed by atoms with E-state index in [0.29, 0.717) is 16.5 Å². The predicted molar refractivity (Wildman–Crippen MR) is 131 cm³/mol. The van der Waals surface area contributed by atoms with Gasteiger partial charge in [0.05, 0.1) is 4.91 Å². The zero-order valence-corrected chi connectivity index (χ0v) is 19.8. The van der Waals surface area contributed by atoms with Gasteiger partial charge in [-0.25, -0.2) is 0 Å². The Bertz CT molecular complexity index is 1210. The highest BCUT2D eigenvalue weighted by atomic mass is 32.2. The lowest BCUT2D eigenvalue weighted by Gasteiger charge is -2.12. The van der Waals surface area contributed by atoms with E-state index >= 15 is 0 Å². The second-order valence-corrected chi connectivity index (χ2v) is 9.51. The van der Waals surface area contributed by atoms with Crippen molar-refractivity contribution in [3.8, 4) is 0 Å². The minimum atomic E-state index is -0.509. The molecule has 3 amide bonds. The van der Waals surface area contributed by atoms with E-state index in [4.69, 9.17) is 4.42 Å². The number of hydrogen-bond donors (Lipinski definition) is 1. The summed E-state index contributed by atoms with van der Waals surface area (Å²) in [6.45, 7) is 3.73. The minimum Gasteiger partial charge on any atom is -0.450 e. The summed E-state index contributed by atoms with van der Waals surface area (Å²) in [5.74, 6) is -0.473. The van der Waals surface area contributed by atoms with Crippen LogP contribution in [0.1, 0.15) is 23.8 Å². The number of amides is 3. The SMILES string of the molecule is CCc1ccc(NC(=O)CN2C(=O)S/C(=C\c3ccc(Sc4ccc(C)cc4)o3)C2=O)cc1. The van der Waals surface area contributed by atoms with Crippen LogP contribution in [0.25, 0.3) is 6.08 Å². The number of furan rings is 1. The van der Waals surface area contributed by atoms with E-state index in [1.165, 1.54) is 23.4 Å². The lowest BCUT2D eigenvalue weighted by atomic mass is 10.1. The van der Waals surface area contributed by atoms with Gasteiger partial charge in [0, 0.05) is 16.7 Å². The van der Waals surface area contributed by atoms with Crippen LogP contribution in [0.4, 0.5) is 10.5 Å². The monoisotopic (exact) mass is 478 g/mol. The summed E-state index contributed by atoms with van der Waals surface area (Å²) in [5, 5.41) is 2.92. The first-order valence-corrected chi connectivity index (χ1v) is 12.0. The first kappa shape index (κ1) is 22.9. The van der Waals surface area contributed by atoms with Gasteiger partial charge in [0.25, 0.3) is 11.1 Å². The molecular weight excluding hydrogens is 456 g/mol. The average Bonchev–Trinajstić information content (AvgIpc) is 3.35. The van der Waals surface area contributed by atoms with Crippen LogP contribution in [0.5, 0.6) is 0 Å². The second-order valence-electron chi connectivity index (χ2n) is 7.44. The number of nitrogens with zero attached hydrogens (tertiary/aromatic N) is 1. The molecule has 168 valence electrons. The predicted octanol–water partition coefficient (Wildman–Crippen LogP) is 5.98. The third-order valence-electron chi connectivity index (χ3n) is 4.94. The zero-order chi connectivity index (χ0) is 23.4. The largest absolute Gasteiger partial charge is 0.450 e. The Morgan fingerprint density at radius 3 is 2.48 bits per heavy atom. The fourth-order valence-electron chi connectivity index (χ4n) is 3.12. The van der Waals surface area contributed by atoms with Crippen LogP contribution in [0.2, 0.25) is 0 Å². The Morgan fingerprint density at radius 2 is 1.79 bits per heavy atom. The second kappa shape index (κ2) is 10.1. The summed E-state index contributed by atoms with van der Waals surface area (Å²) in [6.07, 6.45) is 2.44. The molecule has 1 aliphatic rings. The Balaban J connectivity index is 1.38. The van der Waals surface area contributed by atoms with E-state index in [-0.39, 0.29) is 11.4 Å². The molecule has 33 heavy (non-hydrogen) atoms. The number of anilines is 1. The topological polar surface area (TPSA) is 79.6 Å². The van der Waals surface area contributed by atoms with Crippen molar-refractivity contribution < 1.29 is 18.8 Å². The van der Waals surface area contributed by atoms with Crippen molar-refractivity contribution in [1.29, 1.82) is 0 Å². The Labute approximate surface area is 200 Å². The molecule has 0 radical (unpaired) electrons. The number of carbonyl (C=O) groups is 3. The maximum atomic E-state index is 12.7. The summed E-state index contributed by atoms with van der Waals surface area (Å²) < 4.78 is 5.79. The number of carbonyl (C=O) groups excluding carboxylic acids is 3. The highest BCUT2D eigenvalue weighted by Gasteiger charge is 2.36. The molecule has 8 heteroatoms. The molecule has 2 aromatic carbocycles. The van der Waals surface area contributed by atoms with Gasteiger partial charge in [0.2, 0.25) is 5.91 Å². The molecular formula is C25H22N2O4S2. The molecule has 0 saturated carbocycles. The van der Waals surface area contributed by atoms with Gasteiger partial charge in [0.1, 0.15) is 12.3 Å². The number of imide groups is 1. The molecule has 1 aromatic heterocycles. The Morgan fingerprint density at radius 1 is 1.06 bits per heavy atom. The van der Waals surface area contributed by atoms with Crippen LogP contribution < -0.4 is 5.32 Å². The van der Waals surface area contributed by atoms with E-state index in [1.54, 1.807) is 18.2 Å². The molecule has 0 bridgehead atoms. The van der Waals surface area contributed by atoms with Gasteiger partial charge in [-0.1, -0.05) is 48.5 Å². The van der Waals surface area contributed by atoms with Crippen LogP contribution >= 0.6 is 23.5 Å². The van der Waals surface area contributed by atoms with Crippen LogP contribution in [0, 0.1) is 6.92 Å². The molecule has 6 nitrogen and oxygen atoms in total. The lowest BCUT2D eigenvalue weighted by molar-refractivity contribution is -0.127. The van der Waals surface area contributed by atoms with Crippen LogP contribution in [0.15, 0.2) is 80.0 Å². The van der Waals surface area contributed by atoms with E-state index in [0.717, 1.165) is 33.5 Å². The van der Waals surface area contributed by atoms with E-state index in [1.807, 2.05) is 56.3 Å². The molecule has 2 heterocycles. The van der Waals surface area contributed by atoms with Gasteiger partial charge < -0.3 is 9.73 Å². The molecule has 0 spiro atoms. The smallest absolute Gasteiger partial charge is 0.294 e. The molecule has 1 fully saturated rings. The van der Waals surface area contributed by atoms with Crippen molar-refractivity contribution in [2.24, 2.45) is 0 Å². The van der Waals surface area contributed by atoms with Crippen molar-refractivity contribution in [3.63, 3.8) is 0 Å². The van der Waals surface area contributed by atoms with Crippen molar-refractivity contribution in [3.05, 3.63) is 82.5 Å². The maximum Gasteiger partial charge on any atom is 0.294 e. The zero-order valence-electron chi connectivity index (χ0n) is 18.2. The summed E-state index contributed by atoms with van der Waals surface area (Å²) in [6, 6.07) is 19.1. The van der Waals surface area contributed by atoms with Crippen LogP contribution in [-0.2, 0) is 16.0 Å². The van der Waals surface area contributed by atoms with Gasteiger partial charge >= 0.3 is 0 Å². The van der Waals surface area contributed by atoms with Gasteiger partial charge in [0.15, 0.2) is 5.09 Å². The number of thioether (sulfide) groups is 1. The fraction of sp³-hybridized carbons (Fsp3) is 0.160. The van der Waals surface area contributed by atoms with Crippen LogP contribution in [-0.4, -0.2) is 28.5 Å². The fourth-order valence-corrected chi connectivity index (χ4v) is 4.72. The highest BCUT2D eigenvalue weighted by molar-refractivity contribution is 8.18. The number of nitrogens with one attached hydrogen (secondary N) is 1. The maximum absolute atomic E-state index is 12.7. The number of benzene rings is 2. The molecule has 3 aromatic rings. The van der Waals surface area contributed by atoms with Gasteiger partial charge in [-0.2, -0.15) is 0 Å². The van der Waals surface area contributed by atoms with Crippen molar-refractivity contribution in [1.82, 2.24) is 4.90 Å². The third-order valence-corrected chi connectivity index (χ3v) is 6.77. The lowest BCUT2D eigenvalue weighted by Crippen LogP contribution is -2.36. The molecule has 4 rings (SSSR count). The minimum absolute atomic E-state index is 0.223. The third kappa shape index (κ3) is 5.77. The average molecular weight is 479 g/mol. The summed E-state index contributed by atoms with van der Waals surface area (Å²) in [7, 11) is 0. The van der Waals surface area contributed by atoms with Gasteiger partial charge in [-0.3, -0.25) is 19.3 Å². The quantitative estimate of drug-likeness (QED) is 0.421. The number of rotatable bonds is 7. The normalized spacial score (nSPS) is 14.8. The van der Waals surface area contributed by atoms with Crippen molar-refractivity contribution in [2.75, 3.05) is 11.9 Å². The van der Waals surface area contributed by atoms with Gasteiger partial charge in [-0.15, -0.1) is 0 Å². The Kier molecular flexibility index (Phi) is 7.05.